The molecule has 1 aliphatic rings. The fraction of sp³-hybridized carbons (Fsp3) is 0.333. The molecule has 3 aromatic rings. The van der Waals surface area contributed by atoms with E-state index >= 15 is 0 Å². The summed E-state index contributed by atoms with van der Waals surface area (Å²) in [7, 11) is 0. The zero-order valence-corrected chi connectivity index (χ0v) is 16.8. The Bertz CT molecular complexity index is 974. The van der Waals surface area contributed by atoms with E-state index < -0.39 is 0 Å². The molecule has 2 aromatic heterocycles. The van der Waals surface area contributed by atoms with Crippen LogP contribution in [0.1, 0.15) is 44.4 Å². The monoisotopic (exact) mass is 373 g/mol. The van der Waals surface area contributed by atoms with Crippen LogP contribution in [0.15, 0.2) is 54.9 Å². The van der Waals surface area contributed by atoms with Crippen LogP contribution in [0, 0.1) is 5.41 Å². The molecule has 28 heavy (non-hydrogen) atoms. The van der Waals surface area contributed by atoms with Crippen LogP contribution in [0.4, 0.5) is 11.4 Å². The highest BCUT2D eigenvalue weighted by Gasteiger charge is 2.38. The molecule has 1 aliphatic carbocycles. The van der Waals surface area contributed by atoms with E-state index in [1.54, 1.807) is 0 Å². The third kappa shape index (κ3) is 3.24. The van der Waals surface area contributed by atoms with E-state index in [-0.39, 0.29) is 11.3 Å². The van der Waals surface area contributed by atoms with Gasteiger partial charge in [0.15, 0.2) is 0 Å². The number of rotatable bonds is 5. The van der Waals surface area contributed by atoms with Crippen LogP contribution in [0.5, 0.6) is 0 Å². The number of hydrogen-bond acceptors (Lipinski definition) is 3. The molecule has 0 radical (unpaired) electrons. The standard InChI is InChI=1S/C24H27N3O/c1-4-27-20-15-24(2,3)14-18(16-28)21(20)22(26-19-8-6-5-7-9-19)23(27)17-10-12-25-13-11-17/h5-13,16,18,26H,4,14-15H2,1-3H3. The minimum absolute atomic E-state index is 0.0988. The predicted molar refractivity (Wildman–Crippen MR) is 114 cm³/mol. The molecular weight excluding hydrogens is 346 g/mol. The first-order valence-corrected chi connectivity index (χ1v) is 9.97. The summed E-state index contributed by atoms with van der Waals surface area (Å²) < 4.78 is 2.38. The summed E-state index contributed by atoms with van der Waals surface area (Å²) in [4.78, 5) is 16.3. The number of pyridine rings is 1. The van der Waals surface area contributed by atoms with Gasteiger partial charge in [-0.2, -0.15) is 0 Å². The molecule has 0 spiro atoms. The van der Waals surface area contributed by atoms with E-state index in [0.717, 1.165) is 53.9 Å². The first-order chi connectivity index (χ1) is 13.5. The van der Waals surface area contributed by atoms with E-state index in [1.165, 1.54) is 5.69 Å². The number of carbonyl (C=O) groups excluding carboxylic acids is 1. The summed E-state index contributed by atoms with van der Waals surface area (Å²) in [6.07, 6.45) is 6.63. The topological polar surface area (TPSA) is 46.9 Å². The van der Waals surface area contributed by atoms with Gasteiger partial charge in [0.05, 0.1) is 11.4 Å². The van der Waals surface area contributed by atoms with Crippen molar-refractivity contribution in [1.82, 2.24) is 9.55 Å². The number of nitrogens with one attached hydrogen (secondary N) is 1. The average molecular weight is 374 g/mol. The Morgan fingerprint density at radius 3 is 2.54 bits per heavy atom. The number of aromatic nitrogens is 2. The molecule has 1 aromatic carbocycles. The van der Waals surface area contributed by atoms with Gasteiger partial charge in [-0.3, -0.25) is 4.98 Å². The number of aldehydes is 1. The van der Waals surface area contributed by atoms with Gasteiger partial charge in [-0.25, -0.2) is 0 Å². The number of anilines is 2. The highest BCUT2D eigenvalue weighted by Crippen LogP contribution is 2.49. The maximum Gasteiger partial charge on any atom is 0.127 e. The summed E-state index contributed by atoms with van der Waals surface area (Å²) in [5.74, 6) is -0.0988. The number of fused-ring (bicyclic) bond motifs is 1. The Hall–Kier alpha value is -2.88. The molecule has 2 heterocycles. The third-order valence-corrected chi connectivity index (χ3v) is 5.68. The summed E-state index contributed by atoms with van der Waals surface area (Å²) >= 11 is 0. The van der Waals surface area contributed by atoms with Crippen molar-refractivity contribution in [2.24, 2.45) is 5.41 Å². The molecular formula is C24H27N3O. The maximum atomic E-state index is 12.1. The number of benzene rings is 1. The molecule has 0 aliphatic heterocycles. The van der Waals surface area contributed by atoms with Gasteiger partial charge in [0.25, 0.3) is 0 Å². The van der Waals surface area contributed by atoms with Crippen molar-refractivity contribution in [3.8, 4) is 11.3 Å². The Balaban J connectivity index is 1.99. The first-order valence-electron chi connectivity index (χ1n) is 9.97. The minimum atomic E-state index is -0.0988. The summed E-state index contributed by atoms with van der Waals surface area (Å²) in [6, 6.07) is 14.3. The Morgan fingerprint density at radius 1 is 1.18 bits per heavy atom. The van der Waals surface area contributed by atoms with Gasteiger partial charge in [-0.15, -0.1) is 0 Å². The highest BCUT2D eigenvalue weighted by molar-refractivity contribution is 5.86. The lowest BCUT2D eigenvalue weighted by Crippen LogP contribution is -2.27. The molecule has 0 fully saturated rings. The molecule has 4 rings (SSSR count). The SMILES string of the molecule is CCn1c2c(c(Nc3ccccc3)c1-c1ccncc1)C(C=O)CC(C)(C)C2. The quantitative estimate of drug-likeness (QED) is 0.595. The van der Waals surface area contributed by atoms with Crippen molar-refractivity contribution in [1.29, 1.82) is 0 Å². The fourth-order valence-corrected chi connectivity index (χ4v) is 4.57. The van der Waals surface area contributed by atoms with Crippen LogP contribution in [-0.4, -0.2) is 15.8 Å². The van der Waals surface area contributed by atoms with Gasteiger partial charge >= 0.3 is 0 Å². The van der Waals surface area contributed by atoms with E-state index in [0.29, 0.717) is 0 Å². The van der Waals surface area contributed by atoms with Crippen molar-refractivity contribution in [3.05, 3.63) is 66.1 Å². The average Bonchev–Trinajstić information content (AvgIpc) is 3.00. The zero-order chi connectivity index (χ0) is 19.7. The van der Waals surface area contributed by atoms with Gasteiger partial charge < -0.3 is 14.7 Å². The normalized spacial score (nSPS) is 17.8. The second-order valence-electron chi connectivity index (χ2n) is 8.34. The number of hydrogen-bond donors (Lipinski definition) is 1. The van der Waals surface area contributed by atoms with Crippen molar-refractivity contribution in [2.45, 2.75) is 46.1 Å². The van der Waals surface area contributed by atoms with Gasteiger partial charge in [-0.05, 0) is 49.4 Å². The fourth-order valence-electron chi connectivity index (χ4n) is 4.57. The molecule has 4 heteroatoms. The molecule has 1 N–H and O–H groups in total. The van der Waals surface area contributed by atoms with E-state index in [4.69, 9.17) is 0 Å². The molecule has 0 saturated carbocycles. The predicted octanol–water partition coefficient (Wildman–Crippen LogP) is 5.57. The second kappa shape index (κ2) is 7.27. The van der Waals surface area contributed by atoms with Crippen molar-refractivity contribution in [2.75, 3.05) is 5.32 Å². The molecule has 1 unspecified atom stereocenters. The van der Waals surface area contributed by atoms with Crippen LogP contribution in [-0.2, 0) is 17.8 Å². The van der Waals surface area contributed by atoms with E-state index in [2.05, 4.69) is 47.8 Å². The molecule has 0 saturated heterocycles. The lowest BCUT2D eigenvalue weighted by atomic mass is 9.71. The van der Waals surface area contributed by atoms with Crippen molar-refractivity contribution >= 4 is 17.7 Å². The maximum absolute atomic E-state index is 12.1. The second-order valence-corrected chi connectivity index (χ2v) is 8.34. The lowest BCUT2D eigenvalue weighted by molar-refractivity contribution is -0.109. The van der Waals surface area contributed by atoms with Crippen LogP contribution in [0.2, 0.25) is 0 Å². The van der Waals surface area contributed by atoms with Crippen LogP contribution < -0.4 is 5.32 Å². The molecule has 0 amide bonds. The Kier molecular flexibility index (Phi) is 4.80. The summed E-state index contributed by atoms with van der Waals surface area (Å²) in [5, 5.41) is 3.65. The molecule has 0 bridgehead atoms. The van der Waals surface area contributed by atoms with Gasteiger partial charge in [0.2, 0.25) is 0 Å². The zero-order valence-electron chi connectivity index (χ0n) is 16.8. The number of nitrogens with zero attached hydrogens (tertiary/aromatic N) is 2. The highest BCUT2D eigenvalue weighted by atomic mass is 16.1. The Labute approximate surface area is 166 Å². The van der Waals surface area contributed by atoms with Crippen LogP contribution >= 0.6 is 0 Å². The molecule has 4 nitrogen and oxygen atoms in total. The van der Waals surface area contributed by atoms with Crippen molar-refractivity contribution < 1.29 is 4.79 Å². The Morgan fingerprint density at radius 2 is 1.89 bits per heavy atom. The lowest BCUT2D eigenvalue weighted by Gasteiger charge is -2.34. The van der Waals surface area contributed by atoms with Crippen molar-refractivity contribution in [3.63, 3.8) is 0 Å². The summed E-state index contributed by atoms with van der Waals surface area (Å²) in [5.41, 5.74) is 6.89. The van der Waals surface area contributed by atoms with Gasteiger partial charge in [0, 0.05) is 47.4 Å². The minimum Gasteiger partial charge on any atom is -0.354 e. The van der Waals surface area contributed by atoms with Crippen LogP contribution in [0.3, 0.4) is 0 Å². The molecule has 1 atom stereocenters. The largest absolute Gasteiger partial charge is 0.354 e. The summed E-state index contributed by atoms with van der Waals surface area (Å²) in [6.45, 7) is 7.55. The van der Waals surface area contributed by atoms with E-state index in [1.807, 2.05) is 42.7 Å². The van der Waals surface area contributed by atoms with Crippen LogP contribution in [0.25, 0.3) is 11.3 Å². The third-order valence-electron chi connectivity index (χ3n) is 5.68. The van der Waals surface area contributed by atoms with Gasteiger partial charge in [-0.1, -0.05) is 32.0 Å². The van der Waals surface area contributed by atoms with Gasteiger partial charge in [0.1, 0.15) is 6.29 Å². The number of carbonyl (C=O) groups is 1. The smallest absolute Gasteiger partial charge is 0.127 e. The number of para-hydroxylation sites is 1. The van der Waals surface area contributed by atoms with E-state index in [9.17, 15) is 4.79 Å². The molecule has 144 valence electrons. The first kappa shape index (κ1) is 18.5.